The third kappa shape index (κ3) is 2.73. The van der Waals surface area contributed by atoms with E-state index in [0.717, 1.165) is 22.5 Å². The number of nitrogens with zero attached hydrogens (tertiary/aromatic N) is 2. The predicted octanol–water partition coefficient (Wildman–Crippen LogP) is 1.89. The summed E-state index contributed by atoms with van der Waals surface area (Å²) in [5.41, 5.74) is 1.89. The van der Waals surface area contributed by atoms with Crippen LogP contribution in [-0.4, -0.2) is 40.4 Å². The highest BCUT2D eigenvalue weighted by atomic mass is 16.5. The lowest BCUT2D eigenvalue weighted by Gasteiger charge is -2.32. The molecular formula is C15H19N3O2. The summed E-state index contributed by atoms with van der Waals surface area (Å²) in [5, 5.41) is 13.7. The summed E-state index contributed by atoms with van der Waals surface area (Å²) in [6.07, 6.45) is 1.31. The highest BCUT2D eigenvalue weighted by Crippen LogP contribution is 2.22. The molecule has 1 aliphatic heterocycles. The van der Waals surface area contributed by atoms with Gasteiger partial charge in [0.15, 0.2) is 0 Å². The van der Waals surface area contributed by atoms with E-state index in [1.807, 2.05) is 31.2 Å². The third-order valence-electron chi connectivity index (χ3n) is 3.75. The molecule has 1 saturated heterocycles. The van der Waals surface area contributed by atoms with E-state index in [-0.39, 0.29) is 0 Å². The molecule has 1 aromatic carbocycles. The molecule has 2 heterocycles. The molecule has 1 aliphatic rings. The Labute approximate surface area is 118 Å². The normalized spacial score (nSPS) is 18.1. The zero-order valence-electron chi connectivity index (χ0n) is 11.6. The van der Waals surface area contributed by atoms with Crippen LogP contribution in [0.5, 0.6) is 0 Å². The lowest BCUT2D eigenvalue weighted by molar-refractivity contribution is -0.0543. The second-order valence-electron chi connectivity index (χ2n) is 5.34. The number of ether oxygens (including phenoxy) is 1. The standard InChI is InChI=1S/C15H19N3O2/c1-11-14(16-10-15(19)6-8-20-9-7-15)18-13-5-3-2-4-12(13)17-11/h2-5,19H,6-10H2,1H3,(H,16,18). The number of hydrogen-bond acceptors (Lipinski definition) is 5. The van der Waals surface area contributed by atoms with Gasteiger partial charge in [-0.1, -0.05) is 12.1 Å². The van der Waals surface area contributed by atoms with Crippen molar-refractivity contribution in [2.75, 3.05) is 25.1 Å². The molecule has 2 N–H and O–H groups in total. The molecule has 0 bridgehead atoms. The van der Waals surface area contributed by atoms with E-state index >= 15 is 0 Å². The summed E-state index contributed by atoms with van der Waals surface area (Å²) in [7, 11) is 0. The maximum absolute atomic E-state index is 10.4. The molecule has 1 fully saturated rings. The van der Waals surface area contributed by atoms with Gasteiger partial charge in [0.1, 0.15) is 5.82 Å². The van der Waals surface area contributed by atoms with Crippen LogP contribution in [0, 0.1) is 6.92 Å². The Morgan fingerprint density at radius 3 is 2.55 bits per heavy atom. The molecular weight excluding hydrogens is 254 g/mol. The maximum atomic E-state index is 10.4. The van der Waals surface area contributed by atoms with Crippen LogP contribution in [0.4, 0.5) is 5.82 Å². The van der Waals surface area contributed by atoms with Gasteiger partial charge < -0.3 is 15.2 Å². The number of anilines is 1. The van der Waals surface area contributed by atoms with Crippen LogP contribution in [0.15, 0.2) is 24.3 Å². The van der Waals surface area contributed by atoms with E-state index in [2.05, 4.69) is 15.3 Å². The van der Waals surface area contributed by atoms with Crippen LogP contribution in [0.25, 0.3) is 11.0 Å². The van der Waals surface area contributed by atoms with Crippen LogP contribution in [0.3, 0.4) is 0 Å². The van der Waals surface area contributed by atoms with E-state index in [1.165, 1.54) is 0 Å². The molecule has 0 aliphatic carbocycles. The fourth-order valence-electron chi connectivity index (χ4n) is 2.43. The van der Waals surface area contributed by atoms with Crippen molar-refractivity contribution in [3.8, 4) is 0 Å². The van der Waals surface area contributed by atoms with Gasteiger partial charge in [-0.25, -0.2) is 9.97 Å². The molecule has 0 spiro atoms. The molecule has 1 aromatic heterocycles. The van der Waals surface area contributed by atoms with Crippen LogP contribution < -0.4 is 5.32 Å². The Bertz CT molecular complexity index is 609. The molecule has 0 amide bonds. The zero-order valence-corrected chi connectivity index (χ0v) is 11.6. The first-order valence-electron chi connectivity index (χ1n) is 6.94. The van der Waals surface area contributed by atoms with Gasteiger partial charge in [0.05, 0.1) is 22.3 Å². The van der Waals surface area contributed by atoms with Crippen molar-refractivity contribution in [1.82, 2.24) is 9.97 Å². The number of rotatable bonds is 3. The van der Waals surface area contributed by atoms with Gasteiger partial charge in [0.2, 0.25) is 0 Å². The molecule has 0 unspecified atom stereocenters. The summed E-state index contributed by atoms with van der Waals surface area (Å²) in [6, 6.07) is 7.79. The van der Waals surface area contributed by atoms with Crippen LogP contribution in [0.2, 0.25) is 0 Å². The zero-order chi connectivity index (χ0) is 14.0. The van der Waals surface area contributed by atoms with E-state index in [0.29, 0.717) is 32.6 Å². The summed E-state index contributed by atoms with van der Waals surface area (Å²) in [5.74, 6) is 0.739. The van der Waals surface area contributed by atoms with Gasteiger partial charge in [-0.3, -0.25) is 0 Å². The molecule has 106 valence electrons. The average Bonchev–Trinajstić information content (AvgIpc) is 2.46. The molecule has 0 radical (unpaired) electrons. The van der Waals surface area contributed by atoms with Crippen molar-refractivity contribution >= 4 is 16.9 Å². The van der Waals surface area contributed by atoms with Gasteiger partial charge in [-0.15, -0.1) is 0 Å². The summed E-state index contributed by atoms with van der Waals surface area (Å²) >= 11 is 0. The number of benzene rings is 1. The summed E-state index contributed by atoms with van der Waals surface area (Å²) < 4.78 is 5.28. The van der Waals surface area contributed by atoms with E-state index < -0.39 is 5.60 Å². The third-order valence-corrected chi connectivity index (χ3v) is 3.75. The second-order valence-corrected chi connectivity index (χ2v) is 5.34. The first-order valence-corrected chi connectivity index (χ1v) is 6.94. The Morgan fingerprint density at radius 2 is 1.85 bits per heavy atom. The fraction of sp³-hybridized carbons (Fsp3) is 0.467. The highest BCUT2D eigenvalue weighted by molar-refractivity contribution is 5.76. The Balaban J connectivity index is 1.78. The quantitative estimate of drug-likeness (QED) is 0.894. The van der Waals surface area contributed by atoms with Crippen LogP contribution >= 0.6 is 0 Å². The Kier molecular flexibility index (Phi) is 3.54. The minimum absolute atomic E-state index is 0.476. The Morgan fingerprint density at radius 1 is 1.20 bits per heavy atom. The minimum Gasteiger partial charge on any atom is -0.388 e. The van der Waals surface area contributed by atoms with Crippen LogP contribution in [0.1, 0.15) is 18.5 Å². The van der Waals surface area contributed by atoms with Gasteiger partial charge in [-0.2, -0.15) is 0 Å². The number of aryl methyl sites for hydroxylation is 1. The first kappa shape index (κ1) is 13.3. The van der Waals surface area contributed by atoms with E-state index in [9.17, 15) is 5.11 Å². The topological polar surface area (TPSA) is 67.3 Å². The lowest BCUT2D eigenvalue weighted by atomic mass is 9.94. The van der Waals surface area contributed by atoms with E-state index in [1.54, 1.807) is 0 Å². The number of aliphatic hydroxyl groups is 1. The monoisotopic (exact) mass is 273 g/mol. The number of hydrogen-bond donors (Lipinski definition) is 2. The van der Waals surface area contributed by atoms with Gasteiger partial charge in [0.25, 0.3) is 0 Å². The molecule has 20 heavy (non-hydrogen) atoms. The van der Waals surface area contributed by atoms with Crippen molar-refractivity contribution in [3.63, 3.8) is 0 Å². The minimum atomic E-state index is -0.710. The highest BCUT2D eigenvalue weighted by Gasteiger charge is 2.29. The van der Waals surface area contributed by atoms with Crippen molar-refractivity contribution in [1.29, 1.82) is 0 Å². The predicted molar refractivity (Wildman–Crippen MR) is 77.8 cm³/mol. The smallest absolute Gasteiger partial charge is 0.148 e. The molecule has 3 rings (SSSR count). The second kappa shape index (κ2) is 5.34. The number of fused-ring (bicyclic) bond motifs is 1. The molecule has 0 atom stereocenters. The van der Waals surface area contributed by atoms with Gasteiger partial charge in [0, 0.05) is 32.6 Å². The SMILES string of the molecule is Cc1nc2ccccc2nc1NCC1(O)CCOCC1. The van der Waals surface area contributed by atoms with Gasteiger partial charge >= 0.3 is 0 Å². The molecule has 2 aromatic rings. The number of aromatic nitrogens is 2. The lowest BCUT2D eigenvalue weighted by Crippen LogP contribution is -2.42. The fourth-order valence-corrected chi connectivity index (χ4v) is 2.43. The van der Waals surface area contributed by atoms with Crippen LogP contribution in [-0.2, 0) is 4.74 Å². The van der Waals surface area contributed by atoms with Crippen molar-refractivity contribution < 1.29 is 9.84 Å². The van der Waals surface area contributed by atoms with E-state index in [4.69, 9.17) is 4.74 Å². The van der Waals surface area contributed by atoms with Crippen molar-refractivity contribution in [3.05, 3.63) is 30.0 Å². The molecule has 5 heteroatoms. The molecule has 5 nitrogen and oxygen atoms in total. The molecule has 0 saturated carbocycles. The summed E-state index contributed by atoms with van der Waals surface area (Å²) in [4.78, 5) is 9.11. The van der Waals surface area contributed by atoms with Crippen molar-refractivity contribution in [2.24, 2.45) is 0 Å². The first-order chi connectivity index (χ1) is 9.66. The average molecular weight is 273 g/mol. The summed E-state index contributed by atoms with van der Waals surface area (Å²) in [6.45, 7) is 3.63. The Hall–Kier alpha value is -1.72. The number of nitrogens with one attached hydrogen (secondary N) is 1. The van der Waals surface area contributed by atoms with Gasteiger partial charge in [-0.05, 0) is 19.1 Å². The largest absolute Gasteiger partial charge is 0.388 e. The number of para-hydroxylation sites is 2. The maximum Gasteiger partial charge on any atom is 0.148 e. The van der Waals surface area contributed by atoms with Crippen molar-refractivity contribution in [2.45, 2.75) is 25.4 Å².